The third-order valence-electron chi connectivity index (χ3n) is 3.39. The Morgan fingerprint density at radius 2 is 2.00 bits per heavy atom. The molecule has 2 rings (SSSR count). The van der Waals surface area contributed by atoms with Crippen LogP contribution in [-0.4, -0.2) is 37.7 Å². The Morgan fingerprint density at radius 1 is 1.28 bits per heavy atom. The van der Waals surface area contributed by atoms with Crippen molar-refractivity contribution in [3.63, 3.8) is 0 Å². The molecule has 18 heavy (non-hydrogen) atoms. The van der Waals surface area contributed by atoms with Gasteiger partial charge in [-0.1, -0.05) is 19.1 Å². The third kappa shape index (κ3) is 4.31. The lowest BCUT2D eigenvalue weighted by Crippen LogP contribution is -2.26. The molecule has 1 aliphatic carbocycles. The zero-order chi connectivity index (χ0) is 12.8. The van der Waals surface area contributed by atoms with Crippen molar-refractivity contribution in [3.05, 3.63) is 29.8 Å². The van der Waals surface area contributed by atoms with E-state index in [4.69, 9.17) is 4.74 Å². The number of rotatable bonds is 8. The van der Waals surface area contributed by atoms with Gasteiger partial charge in [-0.2, -0.15) is 0 Å². The molecule has 100 valence electrons. The topological polar surface area (TPSA) is 24.5 Å². The van der Waals surface area contributed by atoms with E-state index in [1.165, 1.54) is 18.4 Å². The van der Waals surface area contributed by atoms with Crippen molar-refractivity contribution >= 4 is 0 Å². The van der Waals surface area contributed by atoms with E-state index in [9.17, 15) is 0 Å². The summed E-state index contributed by atoms with van der Waals surface area (Å²) in [6.07, 6.45) is 2.71. The van der Waals surface area contributed by atoms with Gasteiger partial charge in [0.25, 0.3) is 0 Å². The van der Waals surface area contributed by atoms with Gasteiger partial charge in [0.05, 0.1) is 0 Å². The van der Waals surface area contributed by atoms with E-state index in [2.05, 4.69) is 48.5 Å². The van der Waals surface area contributed by atoms with Crippen molar-refractivity contribution in [2.45, 2.75) is 32.4 Å². The summed E-state index contributed by atoms with van der Waals surface area (Å²) in [4.78, 5) is 2.39. The van der Waals surface area contributed by atoms with Gasteiger partial charge in [-0.05, 0) is 44.1 Å². The smallest absolute Gasteiger partial charge is 0.119 e. The predicted molar refractivity (Wildman–Crippen MR) is 75.0 cm³/mol. The summed E-state index contributed by atoms with van der Waals surface area (Å²) in [5, 5.41) is 3.31. The number of nitrogens with zero attached hydrogens (tertiary/aromatic N) is 1. The summed E-state index contributed by atoms with van der Waals surface area (Å²) in [6.45, 7) is 5.85. The van der Waals surface area contributed by atoms with Crippen molar-refractivity contribution in [3.8, 4) is 5.75 Å². The molecule has 1 aromatic rings. The molecule has 1 N–H and O–H groups in total. The van der Waals surface area contributed by atoms with Gasteiger partial charge in [0.2, 0.25) is 0 Å². The molecule has 0 unspecified atom stereocenters. The third-order valence-corrected chi connectivity index (χ3v) is 3.39. The Balaban J connectivity index is 1.68. The van der Waals surface area contributed by atoms with Crippen molar-refractivity contribution < 1.29 is 4.74 Å². The molecule has 0 amide bonds. The average Bonchev–Trinajstić information content (AvgIpc) is 3.22. The Morgan fingerprint density at radius 3 is 2.61 bits per heavy atom. The Bertz CT molecular complexity index is 346. The van der Waals surface area contributed by atoms with Gasteiger partial charge >= 0.3 is 0 Å². The maximum Gasteiger partial charge on any atom is 0.119 e. The van der Waals surface area contributed by atoms with E-state index in [-0.39, 0.29) is 0 Å². The molecule has 3 heteroatoms. The van der Waals surface area contributed by atoms with Gasteiger partial charge in [0.1, 0.15) is 12.4 Å². The molecule has 0 aliphatic heterocycles. The lowest BCUT2D eigenvalue weighted by Gasteiger charge is -2.15. The van der Waals surface area contributed by atoms with E-state index < -0.39 is 0 Å². The molecule has 1 aliphatic rings. The highest BCUT2D eigenvalue weighted by Crippen LogP contribution is 2.24. The molecule has 3 nitrogen and oxygen atoms in total. The van der Waals surface area contributed by atoms with Crippen LogP contribution in [0, 0.1) is 0 Å². The van der Waals surface area contributed by atoms with Gasteiger partial charge in [-0.3, -0.25) is 0 Å². The van der Waals surface area contributed by atoms with Crippen LogP contribution in [0.4, 0.5) is 0 Å². The second-order valence-electron chi connectivity index (χ2n) is 4.98. The van der Waals surface area contributed by atoms with Crippen molar-refractivity contribution in [1.82, 2.24) is 10.2 Å². The number of hydrogen-bond donors (Lipinski definition) is 1. The Labute approximate surface area is 110 Å². The van der Waals surface area contributed by atoms with Crippen LogP contribution >= 0.6 is 0 Å². The first kappa shape index (κ1) is 13.4. The van der Waals surface area contributed by atoms with Gasteiger partial charge in [0, 0.05) is 19.1 Å². The molecule has 0 bridgehead atoms. The Hall–Kier alpha value is -1.06. The highest BCUT2D eigenvalue weighted by Gasteiger charge is 2.25. The number of hydrogen-bond acceptors (Lipinski definition) is 3. The summed E-state index contributed by atoms with van der Waals surface area (Å²) in [5.74, 6) is 0.972. The summed E-state index contributed by atoms with van der Waals surface area (Å²) >= 11 is 0. The molecule has 0 heterocycles. The van der Waals surface area contributed by atoms with E-state index in [0.717, 1.165) is 38.0 Å². The largest absolute Gasteiger partial charge is 0.492 e. The molecule has 0 radical (unpaired) electrons. The number of nitrogens with one attached hydrogen (secondary N) is 1. The highest BCUT2D eigenvalue weighted by molar-refractivity contribution is 5.27. The van der Waals surface area contributed by atoms with Crippen molar-refractivity contribution in [2.24, 2.45) is 0 Å². The fourth-order valence-corrected chi connectivity index (χ4v) is 1.98. The molecular weight excluding hydrogens is 224 g/mol. The molecule has 0 atom stereocenters. The molecule has 1 fully saturated rings. The fourth-order valence-electron chi connectivity index (χ4n) is 1.98. The lowest BCUT2D eigenvalue weighted by atomic mass is 10.2. The maximum absolute atomic E-state index is 5.75. The number of benzene rings is 1. The monoisotopic (exact) mass is 248 g/mol. The van der Waals surface area contributed by atoms with Crippen LogP contribution in [0.25, 0.3) is 0 Å². The van der Waals surface area contributed by atoms with Crippen LogP contribution in [0.1, 0.15) is 25.3 Å². The van der Waals surface area contributed by atoms with Gasteiger partial charge in [0.15, 0.2) is 0 Å². The normalized spacial score (nSPS) is 15.1. The fraction of sp³-hybridized carbons (Fsp3) is 0.600. The van der Waals surface area contributed by atoms with Crippen LogP contribution < -0.4 is 10.1 Å². The van der Waals surface area contributed by atoms with Crippen molar-refractivity contribution in [2.75, 3.05) is 26.7 Å². The molecule has 1 aromatic carbocycles. The summed E-state index contributed by atoms with van der Waals surface area (Å²) in [5.41, 5.74) is 1.30. The molecule has 1 saturated carbocycles. The molecule has 0 aromatic heterocycles. The number of likely N-dealkylation sites (N-methyl/N-ethyl adjacent to an activating group) is 1. The van der Waals surface area contributed by atoms with Crippen LogP contribution in [-0.2, 0) is 6.54 Å². The van der Waals surface area contributed by atoms with Crippen LogP contribution in [0.3, 0.4) is 0 Å². The van der Waals surface area contributed by atoms with E-state index in [1.54, 1.807) is 0 Å². The van der Waals surface area contributed by atoms with Gasteiger partial charge in [-0.25, -0.2) is 0 Å². The summed E-state index contributed by atoms with van der Waals surface area (Å²) in [6, 6.07) is 9.19. The average molecular weight is 248 g/mol. The highest BCUT2D eigenvalue weighted by atomic mass is 16.5. The zero-order valence-electron chi connectivity index (χ0n) is 11.5. The second kappa shape index (κ2) is 6.76. The quantitative estimate of drug-likeness (QED) is 0.764. The minimum atomic E-state index is 0.777. The van der Waals surface area contributed by atoms with Crippen LogP contribution in [0.5, 0.6) is 5.75 Å². The molecule has 0 spiro atoms. The van der Waals surface area contributed by atoms with Crippen LogP contribution in [0.2, 0.25) is 0 Å². The van der Waals surface area contributed by atoms with Gasteiger partial charge in [-0.15, -0.1) is 0 Å². The number of ether oxygens (including phenoxy) is 1. The first-order valence-electron chi connectivity index (χ1n) is 6.92. The Kier molecular flexibility index (Phi) is 5.02. The van der Waals surface area contributed by atoms with E-state index in [1.807, 2.05) is 0 Å². The standard InChI is InChI=1S/C15H24N2O/c1-3-16-12-13-4-8-15(9-5-13)18-11-10-17(2)14-6-7-14/h4-5,8-9,14,16H,3,6-7,10-12H2,1-2H3. The van der Waals surface area contributed by atoms with Gasteiger partial charge < -0.3 is 15.0 Å². The summed E-state index contributed by atoms with van der Waals surface area (Å²) < 4.78 is 5.75. The lowest BCUT2D eigenvalue weighted by molar-refractivity contribution is 0.232. The molecule has 0 saturated heterocycles. The van der Waals surface area contributed by atoms with Crippen LogP contribution in [0.15, 0.2) is 24.3 Å². The van der Waals surface area contributed by atoms with Crippen molar-refractivity contribution in [1.29, 1.82) is 0 Å². The predicted octanol–water partition coefficient (Wildman–Crippen LogP) is 2.27. The minimum Gasteiger partial charge on any atom is -0.492 e. The minimum absolute atomic E-state index is 0.777. The first-order valence-corrected chi connectivity index (χ1v) is 6.92. The second-order valence-corrected chi connectivity index (χ2v) is 4.98. The maximum atomic E-state index is 5.75. The zero-order valence-corrected chi connectivity index (χ0v) is 11.5. The molecular formula is C15H24N2O. The SMILES string of the molecule is CCNCc1ccc(OCCN(C)C2CC2)cc1. The summed E-state index contributed by atoms with van der Waals surface area (Å²) in [7, 11) is 2.18. The van der Waals surface area contributed by atoms with E-state index in [0.29, 0.717) is 0 Å². The first-order chi connectivity index (χ1) is 8.79. The van der Waals surface area contributed by atoms with E-state index >= 15 is 0 Å².